The molecule has 0 saturated carbocycles. The Hall–Kier alpha value is -0.720. The van der Waals surface area contributed by atoms with E-state index in [9.17, 15) is 9.59 Å². The first-order valence-corrected chi connectivity index (χ1v) is 7.48. The summed E-state index contributed by atoms with van der Waals surface area (Å²) in [7, 11) is 0. The predicted octanol–water partition coefficient (Wildman–Crippen LogP) is 2.14. The summed E-state index contributed by atoms with van der Waals surface area (Å²) < 4.78 is 1.04. The Kier molecular flexibility index (Phi) is 4.19. The van der Waals surface area contributed by atoms with E-state index in [-0.39, 0.29) is 30.3 Å². The van der Waals surface area contributed by atoms with Crippen LogP contribution in [0.25, 0.3) is 0 Å². The maximum absolute atomic E-state index is 12.0. The Morgan fingerprint density at radius 3 is 2.78 bits per heavy atom. The van der Waals surface area contributed by atoms with Gasteiger partial charge in [-0.25, -0.2) is 0 Å². The molecule has 1 N–H and O–H groups in total. The molecule has 1 saturated heterocycles. The van der Waals surface area contributed by atoms with Crippen molar-refractivity contribution in [1.82, 2.24) is 10.2 Å². The first-order valence-electron chi connectivity index (χ1n) is 5.81. The van der Waals surface area contributed by atoms with Crippen LogP contribution in [0.4, 0.5) is 0 Å². The van der Waals surface area contributed by atoms with Gasteiger partial charge in [-0.15, -0.1) is 11.3 Å². The highest BCUT2D eigenvalue weighted by Gasteiger charge is 2.39. The van der Waals surface area contributed by atoms with E-state index in [1.165, 1.54) is 4.90 Å². The molecule has 18 heavy (non-hydrogen) atoms. The van der Waals surface area contributed by atoms with Crippen LogP contribution in [0, 0.1) is 0 Å². The topological polar surface area (TPSA) is 49.4 Å². The van der Waals surface area contributed by atoms with Crippen LogP contribution in [0.5, 0.6) is 0 Å². The molecule has 1 fully saturated rings. The van der Waals surface area contributed by atoms with Crippen molar-refractivity contribution in [3.63, 3.8) is 0 Å². The molecule has 4 nitrogen and oxygen atoms in total. The Balaban J connectivity index is 1.95. The summed E-state index contributed by atoms with van der Waals surface area (Å²) in [5.41, 5.74) is 0. The molecule has 0 radical (unpaired) electrons. The van der Waals surface area contributed by atoms with E-state index in [2.05, 4.69) is 21.2 Å². The number of imide groups is 1. The van der Waals surface area contributed by atoms with Crippen molar-refractivity contribution in [2.45, 2.75) is 38.9 Å². The molecule has 0 bridgehead atoms. The lowest BCUT2D eigenvalue weighted by Gasteiger charge is -2.19. The molecule has 98 valence electrons. The summed E-state index contributed by atoms with van der Waals surface area (Å²) in [5, 5.41) is 5.15. The summed E-state index contributed by atoms with van der Waals surface area (Å²) in [5.74, 6) is -0.189. The van der Waals surface area contributed by atoms with Crippen LogP contribution in [0.15, 0.2) is 15.9 Å². The van der Waals surface area contributed by atoms with E-state index in [0.717, 1.165) is 9.35 Å². The minimum absolute atomic E-state index is 0.0623. The summed E-state index contributed by atoms with van der Waals surface area (Å²) in [6.45, 7) is 4.33. The maximum atomic E-state index is 12.0. The van der Waals surface area contributed by atoms with Crippen molar-refractivity contribution >= 4 is 39.1 Å². The van der Waals surface area contributed by atoms with Crippen LogP contribution in [0.2, 0.25) is 0 Å². The summed E-state index contributed by atoms with van der Waals surface area (Å²) in [4.78, 5) is 26.2. The molecule has 2 heterocycles. The first kappa shape index (κ1) is 13.7. The lowest BCUT2D eigenvalue weighted by Crippen LogP contribution is -2.41. The Morgan fingerprint density at radius 2 is 2.28 bits per heavy atom. The minimum Gasteiger partial charge on any atom is -0.300 e. The predicted molar refractivity (Wildman–Crippen MR) is 74.3 cm³/mol. The van der Waals surface area contributed by atoms with Crippen molar-refractivity contribution in [2.75, 3.05) is 0 Å². The van der Waals surface area contributed by atoms with Crippen molar-refractivity contribution in [3.05, 3.63) is 20.8 Å². The molecule has 0 spiro atoms. The monoisotopic (exact) mass is 330 g/mol. The van der Waals surface area contributed by atoms with Crippen LogP contribution in [0.3, 0.4) is 0 Å². The first-order chi connectivity index (χ1) is 8.49. The third-order valence-corrected chi connectivity index (χ3v) is 4.54. The standard InChI is InChI=1S/C12H15BrN2O2S/c1-7(2)15-11(16)4-10(12(15)17)14-5-9-3-8(13)6-18-9/h3,6-7,10,14H,4-5H2,1-2H3. The second-order valence-electron chi connectivity index (χ2n) is 4.56. The zero-order valence-electron chi connectivity index (χ0n) is 10.3. The molecule has 1 aromatic heterocycles. The molecule has 1 aromatic rings. The average molecular weight is 331 g/mol. The zero-order chi connectivity index (χ0) is 13.3. The van der Waals surface area contributed by atoms with Gasteiger partial charge in [0.05, 0.1) is 12.5 Å². The van der Waals surface area contributed by atoms with E-state index in [4.69, 9.17) is 0 Å². The SMILES string of the molecule is CC(C)N1C(=O)CC(NCc2cc(Br)cs2)C1=O. The molecule has 1 atom stereocenters. The summed E-state index contributed by atoms with van der Waals surface area (Å²) >= 11 is 5.01. The van der Waals surface area contributed by atoms with Gasteiger partial charge in [-0.05, 0) is 35.8 Å². The fourth-order valence-corrected chi connectivity index (χ4v) is 3.43. The van der Waals surface area contributed by atoms with Crippen LogP contribution in [-0.4, -0.2) is 28.8 Å². The number of hydrogen-bond acceptors (Lipinski definition) is 4. The van der Waals surface area contributed by atoms with Gasteiger partial charge in [0.2, 0.25) is 11.8 Å². The van der Waals surface area contributed by atoms with E-state index >= 15 is 0 Å². The molecule has 6 heteroatoms. The van der Waals surface area contributed by atoms with Gasteiger partial charge in [0.25, 0.3) is 0 Å². The lowest BCUT2D eigenvalue weighted by atomic mass is 10.2. The molecule has 2 amide bonds. The molecule has 2 rings (SSSR count). The number of rotatable bonds is 4. The number of hydrogen-bond donors (Lipinski definition) is 1. The van der Waals surface area contributed by atoms with Crippen molar-refractivity contribution in [3.8, 4) is 0 Å². The fourth-order valence-electron chi connectivity index (χ4n) is 2.02. The molecule has 1 unspecified atom stereocenters. The van der Waals surface area contributed by atoms with E-state index < -0.39 is 0 Å². The van der Waals surface area contributed by atoms with Gasteiger partial charge in [0.15, 0.2) is 0 Å². The highest BCUT2D eigenvalue weighted by Crippen LogP contribution is 2.21. The van der Waals surface area contributed by atoms with Gasteiger partial charge >= 0.3 is 0 Å². The minimum atomic E-state index is -0.374. The maximum Gasteiger partial charge on any atom is 0.247 e. The van der Waals surface area contributed by atoms with Crippen LogP contribution >= 0.6 is 27.3 Å². The molecule has 0 aromatic carbocycles. The number of thiophene rings is 1. The number of halogens is 1. The largest absolute Gasteiger partial charge is 0.300 e. The number of nitrogens with zero attached hydrogens (tertiary/aromatic N) is 1. The molecule has 1 aliphatic rings. The summed E-state index contributed by atoms with van der Waals surface area (Å²) in [6.07, 6.45) is 0.267. The smallest absolute Gasteiger partial charge is 0.247 e. The van der Waals surface area contributed by atoms with Crippen molar-refractivity contribution in [1.29, 1.82) is 0 Å². The van der Waals surface area contributed by atoms with Crippen LogP contribution in [0.1, 0.15) is 25.1 Å². The molecule has 0 aliphatic carbocycles. The molecular formula is C12H15BrN2O2S. The van der Waals surface area contributed by atoms with Gasteiger partial charge in [-0.2, -0.15) is 0 Å². The van der Waals surface area contributed by atoms with Gasteiger partial charge in [-0.3, -0.25) is 14.5 Å². The van der Waals surface area contributed by atoms with Gasteiger partial charge in [0.1, 0.15) is 0 Å². The van der Waals surface area contributed by atoms with E-state index in [0.29, 0.717) is 6.54 Å². The highest BCUT2D eigenvalue weighted by molar-refractivity contribution is 9.10. The second-order valence-corrected chi connectivity index (χ2v) is 6.48. The number of nitrogens with one attached hydrogen (secondary N) is 1. The average Bonchev–Trinajstić information content (AvgIpc) is 2.80. The number of carbonyl (C=O) groups excluding carboxylic acids is 2. The second kappa shape index (κ2) is 5.50. The highest BCUT2D eigenvalue weighted by atomic mass is 79.9. The Bertz CT molecular complexity index is 472. The van der Waals surface area contributed by atoms with E-state index in [1.54, 1.807) is 11.3 Å². The quantitative estimate of drug-likeness (QED) is 0.860. The van der Waals surface area contributed by atoms with Crippen LogP contribution in [-0.2, 0) is 16.1 Å². The van der Waals surface area contributed by atoms with Gasteiger partial charge in [-0.1, -0.05) is 0 Å². The van der Waals surface area contributed by atoms with Crippen molar-refractivity contribution < 1.29 is 9.59 Å². The third-order valence-electron chi connectivity index (χ3n) is 2.84. The Labute approximate surface area is 118 Å². The number of likely N-dealkylation sites (tertiary alicyclic amines) is 1. The Morgan fingerprint density at radius 1 is 1.56 bits per heavy atom. The number of amides is 2. The number of carbonyl (C=O) groups is 2. The third kappa shape index (κ3) is 2.81. The van der Waals surface area contributed by atoms with E-state index in [1.807, 2.05) is 25.3 Å². The van der Waals surface area contributed by atoms with Crippen LogP contribution < -0.4 is 5.32 Å². The molecule has 1 aliphatic heterocycles. The zero-order valence-corrected chi connectivity index (χ0v) is 12.7. The van der Waals surface area contributed by atoms with Crippen molar-refractivity contribution in [2.24, 2.45) is 0 Å². The normalized spacial score (nSPS) is 20.2. The van der Waals surface area contributed by atoms with Gasteiger partial charge < -0.3 is 5.32 Å². The van der Waals surface area contributed by atoms with Gasteiger partial charge in [0, 0.05) is 27.3 Å². The fraction of sp³-hybridized carbons (Fsp3) is 0.500. The molecular weight excluding hydrogens is 316 g/mol. The lowest BCUT2D eigenvalue weighted by molar-refractivity contribution is -0.140. The summed E-state index contributed by atoms with van der Waals surface area (Å²) in [6, 6.07) is 1.58.